The largest absolute Gasteiger partial charge is 0.369 e. The molecule has 0 atom stereocenters. The van der Waals surface area contributed by atoms with Crippen molar-refractivity contribution >= 4 is 29.3 Å². The Morgan fingerprint density at radius 2 is 1.85 bits per heavy atom. The highest BCUT2D eigenvalue weighted by Crippen LogP contribution is 2.20. The third kappa shape index (κ3) is 5.52. The van der Waals surface area contributed by atoms with Crippen LogP contribution in [0.15, 0.2) is 23.4 Å². The predicted octanol–water partition coefficient (Wildman–Crippen LogP) is 2.69. The van der Waals surface area contributed by atoms with E-state index in [0.717, 1.165) is 22.5 Å². The Hall–Kier alpha value is -2.48. The molecule has 1 aromatic carbocycles. The molecule has 3 N–H and O–H groups in total. The third-order valence-electron chi connectivity index (χ3n) is 3.74. The number of thioether (sulfide) groups is 1. The first-order chi connectivity index (χ1) is 12.3. The van der Waals surface area contributed by atoms with Crippen molar-refractivity contribution in [3.63, 3.8) is 0 Å². The Kier molecular flexibility index (Phi) is 6.68. The number of primary amides is 1. The summed E-state index contributed by atoms with van der Waals surface area (Å²) in [6, 6.07) is 4.66. The van der Waals surface area contributed by atoms with Crippen LogP contribution in [0, 0.1) is 26.6 Å². The third-order valence-corrected chi connectivity index (χ3v) is 4.61. The van der Waals surface area contributed by atoms with Gasteiger partial charge in [-0.2, -0.15) is 0 Å². The monoisotopic (exact) mass is 376 g/mol. The van der Waals surface area contributed by atoms with Crippen molar-refractivity contribution in [3.05, 3.63) is 46.5 Å². The minimum atomic E-state index is -0.454. The molecule has 138 valence electrons. The molecule has 0 radical (unpaired) electrons. The summed E-state index contributed by atoms with van der Waals surface area (Å²) in [6.07, 6.45) is 0.629. The molecule has 0 bridgehead atoms. The number of amides is 2. The van der Waals surface area contributed by atoms with E-state index in [-0.39, 0.29) is 23.8 Å². The van der Waals surface area contributed by atoms with E-state index in [1.54, 1.807) is 19.1 Å². The molecule has 0 saturated carbocycles. The van der Waals surface area contributed by atoms with E-state index in [0.29, 0.717) is 11.6 Å². The van der Waals surface area contributed by atoms with Gasteiger partial charge in [-0.15, -0.1) is 0 Å². The Morgan fingerprint density at radius 1 is 1.19 bits per heavy atom. The molecule has 2 rings (SSSR count). The number of nitrogens with zero attached hydrogens (tertiary/aromatic N) is 2. The number of nitrogens with two attached hydrogens (primary N) is 1. The van der Waals surface area contributed by atoms with Gasteiger partial charge in [-0.1, -0.05) is 17.8 Å². The Bertz CT molecular complexity index is 819. The zero-order valence-corrected chi connectivity index (χ0v) is 15.7. The van der Waals surface area contributed by atoms with Crippen molar-refractivity contribution in [3.8, 4) is 0 Å². The average molecular weight is 376 g/mol. The minimum Gasteiger partial charge on any atom is -0.369 e. The van der Waals surface area contributed by atoms with E-state index in [1.807, 2.05) is 13.8 Å². The molecule has 0 unspecified atom stereocenters. The first-order valence-corrected chi connectivity index (χ1v) is 9.06. The summed E-state index contributed by atoms with van der Waals surface area (Å²) < 4.78 is 13.8. The molecule has 6 nitrogen and oxygen atoms in total. The first-order valence-electron chi connectivity index (χ1n) is 8.07. The van der Waals surface area contributed by atoms with Gasteiger partial charge in [-0.05, 0) is 50.5 Å². The second-order valence-corrected chi connectivity index (χ2v) is 6.88. The fraction of sp³-hybridized carbons (Fsp3) is 0.333. The number of nitrogens with one attached hydrogen (secondary N) is 1. The van der Waals surface area contributed by atoms with Gasteiger partial charge in [0.25, 0.3) is 0 Å². The van der Waals surface area contributed by atoms with Crippen molar-refractivity contribution in [2.45, 2.75) is 38.8 Å². The molecule has 8 heteroatoms. The fourth-order valence-corrected chi connectivity index (χ4v) is 3.12. The summed E-state index contributed by atoms with van der Waals surface area (Å²) >= 11 is 1.18. The number of carbonyl (C=O) groups excluding carboxylic acids is 2. The van der Waals surface area contributed by atoms with Gasteiger partial charge in [0.15, 0.2) is 5.16 Å². The lowest BCUT2D eigenvalue weighted by Gasteiger charge is -2.11. The van der Waals surface area contributed by atoms with Gasteiger partial charge in [0.05, 0.1) is 11.4 Å². The summed E-state index contributed by atoms with van der Waals surface area (Å²) in [6.45, 7) is 5.44. The molecule has 2 aromatic rings. The highest BCUT2D eigenvalue weighted by atomic mass is 32.2. The summed E-state index contributed by atoms with van der Waals surface area (Å²) in [7, 11) is 0. The van der Waals surface area contributed by atoms with E-state index < -0.39 is 11.7 Å². The predicted molar refractivity (Wildman–Crippen MR) is 99.5 cm³/mol. The normalized spacial score (nSPS) is 10.6. The number of aryl methyl sites for hydroxylation is 3. The van der Waals surface area contributed by atoms with Crippen molar-refractivity contribution < 1.29 is 14.0 Å². The molecule has 0 aliphatic carbocycles. The molecule has 1 aromatic heterocycles. The van der Waals surface area contributed by atoms with Gasteiger partial charge in [-0.3, -0.25) is 9.59 Å². The van der Waals surface area contributed by atoms with E-state index in [9.17, 15) is 14.0 Å². The number of hydrogen-bond donors (Lipinski definition) is 2. The lowest BCUT2D eigenvalue weighted by atomic mass is 10.1. The van der Waals surface area contributed by atoms with Gasteiger partial charge in [-0.25, -0.2) is 14.4 Å². The lowest BCUT2D eigenvalue weighted by Crippen LogP contribution is -2.15. The maximum Gasteiger partial charge on any atom is 0.227 e. The summed E-state index contributed by atoms with van der Waals surface area (Å²) in [4.78, 5) is 31.7. The number of anilines is 1. The van der Waals surface area contributed by atoms with Crippen LogP contribution >= 0.6 is 11.8 Å². The van der Waals surface area contributed by atoms with Gasteiger partial charge in [0.2, 0.25) is 11.8 Å². The van der Waals surface area contributed by atoms with E-state index >= 15 is 0 Å². The van der Waals surface area contributed by atoms with E-state index in [4.69, 9.17) is 5.73 Å². The number of halogens is 1. The van der Waals surface area contributed by atoms with Crippen LogP contribution in [0.2, 0.25) is 0 Å². The number of hydrogen-bond acceptors (Lipinski definition) is 5. The quantitative estimate of drug-likeness (QED) is 0.572. The average Bonchev–Trinajstić information content (AvgIpc) is 2.54. The van der Waals surface area contributed by atoms with Crippen LogP contribution < -0.4 is 11.1 Å². The van der Waals surface area contributed by atoms with E-state index in [1.165, 1.54) is 17.8 Å². The Morgan fingerprint density at radius 3 is 2.42 bits per heavy atom. The van der Waals surface area contributed by atoms with Gasteiger partial charge in [0.1, 0.15) is 5.82 Å². The molecule has 0 saturated heterocycles. The second-order valence-electron chi connectivity index (χ2n) is 5.94. The van der Waals surface area contributed by atoms with Crippen LogP contribution in [0.5, 0.6) is 0 Å². The Balaban J connectivity index is 2.00. The molecule has 0 spiro atoms. The van der Waals surface area contributed by atoms with Crippen LogP contribution in [0.1, 0.15) is 28.9 Å². The van der Waals surface area contributed by atoms with Gasteiger partial charge in [0, 0.05) is 17.8 Å². The summed E-state index contributed by atoms with van der Waals surface area (Å²) in [5.41, 5.74) is 8.45. The van der Waals surface area contributed by atoms with Crippen molar-refractivity contribution in [2.24, 2.45) is 5.73 Å². The van der Waals surface area contributed by atoms with Crippen molar-refractivity contribution in [2.75, 3.05) is 11.1 Å². The molecule has 0 aliphatic heterocycles. The van der Waals surface area contributed by atoms with E-state index in [2.05, 4.69) is 15.3 Å². The highest BCUT2D eigenvalue weighted by molar-refractivity contribution is 7.99. The van der Waals surface area contributed by atoms with Crippen LogP contribution in [-0.4, -0.2) is 27.5 Å². The van der Waals surface area contributed by atoms with Gasteiger partial charge >= 0.3 is 0 Å². The molecule has 0 fully saturated rings. The molecule has 2 amide bonds. The SMILES string of the molecule is Cc1ccc(NC(=O)CCc2c(C)nc(SCC(N)=O)nc2C)c(F)c1. The molecular formula is C18H21FN4O2S. The lowest BCUT2D eigenvalue weighted by molar-refractivity contribution is -0.116. The topological polar surface area (TPSA) is 98.0 Å². The zero-order valence-electron chi connectivity index (χ0n) is 14.9. The standard InChI is InChI=1S/C18H21FN4O2S/c1-10-4-6-15(14(19)8-10)23-17(25)7-5-13-11(2)21-18(22-12(13)3)26-9-16(20)24/h4,6,8H,5,7,9H2,1-3H3,(H2,20,24)(H,23,25). The maximum atomic E-state index is 13.8. The fourth-order valence-electron chi connectivity index (χ4n) is 2.44. The minimum absolute atomic E-state index is 0.114. The van der Waals surface area contributed by atoms with Crippen LogP contribution in [-0.2, 0) is 16.0 Å². The number of aromatic nitrogens is 2. The van der Waals surface area contributed by atoms with Crippen molar-refractivity contribution in [1.29, 1.82) is 0 Å². The Labute approximate surface area is 155 Å². The molecular weight excluding hydrogens is 355 g/mol. The van der Waals surface area contributed by atoms with Crippen LogP contribution in [0.3, 0.4) is 0 Å². The smallest absolute Gasteiger partial charge is 0.227 e. The first kappa shape index (κ1) is 19.8. The molecule has 26 heavy (non-hydrogen) atoms. The van der Waals surface area contributed by atoms with Crippen LogP contribution in [0.4, 0.5) is 10.1 Å². The maximum absolute atomic E-state index is 13.8. The number of benzene rings is 1. The summed E-state index contributed by atoms with van der Waals surface area (Å²) in [5.74, 6) is -1.05. The number of rotatable bonds is 7. The number of carbonyl (C=O) groups is 2. The molecule has 1 heterocycles. The second kappa shape index (κ2) is 8.75. The van der Waals surface area contributed by atoms with Crippen molar-refractivity contribution in [1.82, 2.24) is 9.97 Å². The summed E-state index contributed by atoms with van der Waals surface area (Å²) in [5, 5.41) is 3.06. The zero-order chi connectivity index (χ0) is 19.3. The highest BCUT2D eigenvalue weighted by Gasteiger charge is 2.13. The molecule has 0 aliphatic rings. The van der Waals surface area contributed by atoms with Gasteiger partial charge < -0.3 is 11.1 Å². The van der Waals surface area contributed by atoms with Crippen LogP contribution in [0.25, 0.3) is 0 Å².